The molecule has 78 valence electrons. The van der Waals surface area contributed by atoms with E-state index in [9.17, 15) is 18.0 Å². The topological polar surface area (TPSA) is 38.3 Å². The molecule has 0 bridgehead atoms. The van der Waals surface area contributed by atoms with E-state index in [1.54, 1.807) is 12.2 Å². The Bertz CT molecular complexity index is 170. The molecule has 0 rings (SSSR count). The average Bonchev–Trinajstić information content (AvgIpc) is 1.99. The van der Waals surface area contributed by atoms with Crippen LogP contribution in [0.15, 0.2) is 0 Å². The first-order valence-electron chi connectivity index (χ1n) is 3.72. The van der Waals surface area contributed by atoms with Gasteiger partial charge in [-0.1, -0.05) is 6.92 Å². The first-order chi connectivity index (χ1) is 5.88. The van der Waals surface area contributed by atoms with Gasteiger partial charge in [-0.3, -0.25) is 4.79 Å². The summed E-state index contributed by atoms with van der Waals surface area (Å²) in [5, 5.41) is 1.76. The molecule has 1 atom stereocenters. The van der Waals surface area contributed by atoms with Crippen LogP contribution in [0.2, 0.25) is 0 Å². The van der Waals surface area contributed by atoms with Crippen molar-refractivity contribution >= 4 is 5.91 Å². The van der Waals surface area contributed by atoms with Crippen LogP contribution in [-0.2, 0) is 9.53 Å². The second-order valence-corrected chi connectivity index (χ2v) is 2.77. The maximum Gasteiger partial charge on any atom is 0.471 e. The van der Waals surface area contributed by atoms with Gasteiger partial charge in [0.25, 0.3) is 0 Å². The molecule has 0 aromatic carbocycles. The lowest BCUT2D eigenvalue weighted by Gasteiger charge is -2.12. The molecule has 0 aliphatic carbocycles. The lowest BCUT2D eigenvalue weighted by molar-refractivity contribution is -0.173. The van der Waals surface area contributed by atoms with Crippen molar-refractivity contribution in [2.75, 3.05) is 20.3 Å². The quantitative estimate of drug-likeness (QED) is 0.732. The van der Waals surface area contributed by atoms with Gasteiger partial charge in [0.1, 0.15) is 0 Å². The molecule has 1 N–H and O–H groups in total. The number of methoxy groups -OCH3 is 1. The molecule has 1 unspecified atom stereocenters. The van der Waals surface area contributed by atoms with Crippen molar-refractivity contribution in [1.82, 2.24) is 5.32 Å². The first-order valence-corrected chi connectivity index (χ1v) is 3.72. The third-order valence-electron chi connectivity index (χ3n) is 1.32. The lowest BCUT2D eigenvalue weighted by atomic mass is 10.2. The Morgan fingerprint density at radius 3 is 2.46 bits per heavy atom. The van der Waals surface area contributed by atoms with E-state index in [0.29, 0.717) is 6.61 Å². The molecule has 0 aromatic rings. The maximum atomic E-state index is 11.6. The van der Waals surface area contributed by atoms with Gasteiger partial charge in [-0.25, -0.2) is 0 Å². The van der Waals surface area contributed by atoms with Crippen molar-refractivity contribution in [2.24, 2.45) is 5.92 Å². The van der Waals surface area contributed by atoms with Gasteiger partial charge in [0.2, 0.25) is 0 Å². The minimum absolute atomic E-state index is 0.0355. The van der Waals surface area contributed by atoms with Crippen molar-refractivity contribution < 1.29 is 22.7 Å². The van der Waals surface area contributed by atoms with Crippen LogP contribution in [0.1, 0.15) is 6.92 Å². The van der Waals surface area contributed by atoms with Crippen molar-refractivity contribution in [3.8, 4) is 0 Å². The second kappa shape index (κ2) is 5.06. The monoisotopic (exact) mass is 199 g/mol. The summed E-state index contributed by atoms with van der Waals surface area (Å²) in [7, 11) is 1.45. The molecule has 0 aromatic heterocycles. The standard InChI is InChI=1S/C7H12F3NO2/c1-5(4-13-2)3-11-6(12)7(8,9)10/h5H,3-4H2,1-2H3,(H,11,12). The number of hydrogen-bond acceptors (Lipinski definition) is 2. The van der Waals surface area contributed by atoms with Gasteiger partial charge >= 0.3 is 12.1 Å². The van der Waals surface area contributed by atoms with Crippen LogP contribution in [0.4, 0.5) is 13.2 Å². The number of nitrogens with one attached hydrogen (secondary N) is 1. The van der Waals surface area contributed by atoms with E-state index in [1.807, 2.05) is 0 Å². The Labute approximate surface area is 74.3 Å². The van der Waals surface area contributed by atoms with Crippen molar-refractivity contribution in [2.45, 2.75) is 13.1 Å². The van der Waals surface area contributed by atoms with E-state index in [-0.39, 0.29) is 12.5 Å². The third-order valence-corrected chi connectivity index (χ3v) is 1.32. The Balaban J connectivity index is 3.71. The molecule has 0 heterocycles. The zero-order chi connectivity index (χ0) is 10.5. The maximum absolute atomic E-state index is 11.6. The average molecular weight is 199 g/mol. The van der Waals surface area contributed by atoms with Crippen LogP contribution in [-0.4, -0.2) is 32.3 Å². The Kier molecular flexibility index (Phi) is 4.76. The minimum Gasteiger partial charge on any atom is -0.384 e. The highest BCUT2D eigenvalue weighted by Gasteiger charge is 2.38. The molecule has 3 nitrogen and oxygen atoms in total. The molecule has 0 aliphatic heterocycles. The summed E-state index contributed by atoms with van der Waals surface area (Å²) in [6, 6.07) is 0. The van der Waals surface area contributed by atoms with E-state index in [4.69, 9.17) is 0 Å². The number of alkyl halides is 3. The molecule has 0 spiro atoms. The highest BCUT2D eigenvalue weighted by molar-refractivity contribution is 5.81. The molecule has 13 heavy (non-hydrogen) atoms. The molecular formula is C7H12F3NO2. The van der Waals surface area contributed by atoms with Crippen LogP contribution >= 0.6 is 0 Å². The van der Waals surface area contributed by atoms with Gasteiger partial charge in [-0.15, -0.1) is 0 Å². The molecular weight excluding hydrogens is 187 g/mol. The minimum atomic E-state index is -4.80. The SMILES string of the molecule is COCC(C)CNC(=O)C(F)(F)F. The van der Waals surface area contributed by atoms with Gasteiger partial charge in [-0.2, -0.15) is 13.2 Å². The normalized spacial score (nSPS) is 13.9. The predicted octanol–water partition coefficient (Wildman–Crippen LogP) is 0.947. The van der Waals surface area contributed by atoms with Gasteiger partial charge < -0.3 is 10.1 Å². The highest BCUT2D eigenvalue weighted by Crippen LogP contribution is 2.14. The van der Waals surface area contributed by atoms with E-state index < -0.39 is 12.1 Å². The highest BCUT2D eigenvalue weighted by atomic mass is 19.4. The molecule has 6 heteroatoms. The summed E-state index contributed by atoms with van der Waals surface area (Å²) in [6.07, 6.45) is -4.80. The van der Waals surface area contributed by atoms with Gasteiger partial charge in [-0.05, 0) is 5.92 Å². The molecule has 0 radical (unpaired) electrons. The summed E-state index contributed by atoms with van der Waals surface area (Å²) >= 11 is 0. The van der Waals surface area contributed by atoms with E-state index in [1.165, 1.54) is 7.11 Å². The fraction of sp³-hybridized carbons (Fsp3) is 0.857. The largest absolute Gasteiger partial charge is 0.471 e. The Hall–Kier alpha value is -0.780. The fourth-order valence-electron chi connectivity index (χ4n) is 0.711. The zero-order valence-electron chi connectivity index (χ0n) is 7.44. The van der Waals surface area contributed by atoms with Crippen LogP contribution in [0.5, 0.6) is 0 Å². The molecule has 0 saturated heterocycles. The molecule has 1 amide bonds. The predicted molar refractivity (Wildman–Crippen MR) is 40.1 cm³/mol. The van der Waals surface area contributed by atoms with E-state index >= 15 is 0 Å². The third kappa shape index (κ3) is 5.46. The summed E-state index contributed by atoms with van der Waals surface area (Å²) in [5.41, 5.74) is 0. The smallest absolute Gasteiger partial charge is 0.384 e. The number of carbonyl (C=O) groups excluding carboxylic acids is 1. The number of rotatable bonds is 4. The first kappa shape index (κ1) is 12.2. The Morgan fingerprint density at radius 1 is 1.54 bits per heavy atom. The number of carbonyl (C=O) groups is 1. The van der Waals surface area contributed by atoms with Crippen LogP contribution in [0.3, 0.4) is 0 Å². The van der Waals surface area contributed by atoms with Crippen LogP contribution < -0.4 is 5.32 Å². The number of hydrogen-bond donors (Lipinski definition) is 1. The van der Waals surface area contributed by atoms with Crippen molar-refractivity contribution in [1.29, 1.82) is 0 Å². The molecule has 0 aliphatic rings. The van der Waals surface area contributed by atoms with Crippen LogP contribution in [0, 0.1) is 5.92 Å². The summed E-state index contributed by atoms with van der Waals surface area (Å²) < 4.78 is 39.6. The zero-order valence-corrected chi connectivity index (χ0v) is 7.44. The van der Waals surface area contributed by atoms with Crippen molar-refractivity contribution in [3.63, 3.8) is 0 Å². The fourth-order valence-corrected chi connectivity index (χ4v) is 0.711. The van der Waals surface area contributed by atoms with Gasteiger partial charge in [0.05, 0.1) is 6.61 Å². The number of halogens is 3. The molecule has 0 saturated carbocycles. The number of ether oxygens (including phenoxy) is 1. The van der Waals surface area contributed by atoms with Crippen molar-refractivity contribution in [3.05, 3.63) is 0 Å². The summed E-state index contributed by atoms with van der Waals surface area (Å²) in [4.78, 5) is 10.3. The summed E-state index contributed by atoms with van der Waals surface area (Å²) in [6.45, 7) is 1.96. The lowest BCUT2D eigenvalue weighted by Crippen LogP contribution is -2.39. The second-order valence-electron chi connectivity index (χ2n) is 2.77. The molecule has 0 fully saturated rings. The van der Waals surface area contributed by atoms with Crippen LogP contribution in [0.25, 0.3) is 0 Å². The van der Waals surface area contributed by atoms with Gasteiger partial charge in [0, 0.05) is 13.7 Å². The summed E-state index contributed by atoms with van der Waals surface area (Å²) in [5.74, 6) is -2.04. The van der Waals surface area contributed by atoms with E-state index in [2.05, 4.69) is 4.74 Å². The Morgan fingerprint density at radius 2 is 2.08 bits per heavy atom. The van der Waals surface area contributed by atoms with Gasteiger partial charge in [0.15, 0.2) is 0 Å². The number of amides is 1. The van der Waals surface area contributed by atoms with E-state index in [0.717, 1.165) is 0 Å².